The van der Waals surface area contributed by atoms with Gasteiger partial charge in [-0.3, -0.25) is 0 Å². The smallest absolute Gasteiger partial charge is 0.0701 e. The average molecular weight is 288 g/mol. The molecule has 0 spiro atoms. The molecule has 0 radical (unpaired) electrons. The van der Waals surface area contributed by atoms with Gasteiger partial charge in [0.05, 0.1) is 3.79 Å². The van der Waals surface area contributed by atoms with E-state index in [0.29, 0.717) is 0 Å². The Hall–Kier alpha value is 0.140. The summed E-state index contributed by atoms with van der Waals surface area (Å²) in [6.45, 7) is 0. The van der Waals surface area contributed by atoms with Gasteiger partial charge < -0.3 is 5.73 Å². The summed E-state index contributed by atoms with van der Waals surface area (Å²) in [6.07, 6.45) is 8.81. The minimum Gasteiger partial charge on any atom is -0.325 e. The molecular weight excluding hydrogens is 270 g/mol. The number of rotatable bonds is 2. The highest BCUT2D eigenvalue weighted by Gasteiger charge is 2.26. The standard InChI is InChI=1S/C12H18BrNS/c13-11-6-5-10(15-11)9-12(14)7-3-1-2-4-8-12/h5-6H,1-4,7-9,14H2. The van der Waals surface area contributed by atoms with E-state index in [1.54, 1.807) is 0 Å². The zero-order chi connectivity index (χ0) is 10.7. The van der Waals surface area contributed by atoms with Gasteiger partial charge in [0.15, 0.2) is 0 Å². The lowest BCUT2D eigenvalue weighted by atomic mass is 9.87. The zero-order valence-electron chi connectivity index (χ0n) is 8.97. The SMILES string of the molecule is NC1(Cc2ccc(Br)s2)CCCCCC1. The van der Waals surface area contributed by atoms with Gasteiger partial charge >= 0.3 is 0 Å². The summed E-state index contributed by atoms with van der Waals surface area (Å²) >= 11 is 5.33. The first kappa shape index (κ1) is 11.6. The molecule has 0 aromatic carbocycles. The van der Waals surface area contributed by atoms with Crippen LogP contribution in [0, 0.1) is 0 Å². The lowest BCUT2D eigenvalue weighted by Crippen LogP contribution is -2.41. The second kappa shape index (κ2) is 4.98. The van der Waals surface area contributed by atoms with Crippen LogP contribution in [0.3, 0.4) is 0 Å². The van der Waals surface area contributed by atoms with Gasteiger partial charge in [-0.25, -0.2) is 0 Å². The molecule has 1 aromatic rings. The third-order valence-electron chi connectivity index (χ3n) is 3.25. The Bertz CT molecular complexity index is 313. The molecule has 0 amide bonds. The molecule has 1 nitrogen and oxygen atoms in total. The Morgan fingerprint density at radius 3 is 2.40 bits per heavy atom. The molecular formula is C12H18BrNS. The Kier molecular flexibility index (Phi) is 3.86. The van der Waals surface area contributed by atoms with Crippen molar-refractivity contribution in [1.29, 1.82) is 0 Å². The van der Waals surface area contributed by atoms with E-state index in [9.17, 15) is 0 Å². The molecule has 0 saturated heterocycles. The van der Waals surface area contributed by atoms with Crippen LogP contribution >= 0.6 is 27.3 Å². The normalized spacial score (nSPS) is 21.2. The number of nitrogens with two attached hydrogens (primary N) is 1. The summed E-state index contributed by atoms with van der Waals surface area (Å²) in [6, 6.07) is 4.33. The van der Waals surface area contributed by atoms with Crippen LogP contribution in [0.25, 0.3) is 0 Å². The van der Waals surface area contributed by atoms with Crippen molar-refractivity contribution in [2.45, 2.75) is 50.5 Å². The summed E-state index contributed by atoms with van der Waals surface area (Å²) in [7, 11) is 0. The van der Waals surface area contributed by atoms with Gasteiger partial charge in [0, 0.05) is 10.4 Å². The molecule has 84 valence electrons. The topological polar surface area (TPSA) is 26.0 Å². The van der Waals surface area contributed by atoms with E-state index in [1.807, 2.05) is 11.3 Å². The molecule has 2 N–H and O–H groups in total. The summed E-state index contributed by atoms with van der Waals surface area (Å²) in [5.41, 5.74) is 6.56. The number of hydrogen-bond donors (Lipinski definition) is 1. The molecule has 0 unspecified atom stereocenters. The molecule has 15 heavy (non-hydrogen) atoms. The second-order valence-corrected chi connectivity index (χ2v) is 7.21. The van der Waals surface area contributed by atoms with E-state index in [2.05, 4.69) is 28.1 Å². The summed E-state index contributed by atoms with van der Waals surface area (Å²) < 4.78 is 1.22. The number of thiophene rings is 1. The van der Waals surface area contributed by atoms with Crippen molar-refractivity contribution in [3.63, 3.8) is 0 Å². The Morgan fingerprint density at radius 2 is 1.87 bits per heavy atom. The third-order valence-corrected chi connectivity index (χ3v) is 4.88. The fraction of sp³-hybridized carbons (Fsp3) is 0.667. The van der Waals surface area contributed by atoms with E-state index >= 15 is 0 Å². The van der Waals surface area contributed by atoms with Gasteiger partial charge in [-0.1, -0.05) is 25.7 Å². The first-order valence-electron chi connectivity index (χ1n) is 5.71. The van der Waals surface area contributed by atoms with Crippen LogP contribution in [0.1, 0.15) is 43.4 Å². The highest BCUT2D eigenvalue weighted by Crippen LogP contribution is 2.31. The van der Waals surface area contributed by atoms with Crippen molar-refractivity contribution >= 4 is 27.3 Å². The van der Waals surface area contributed by atoms with Crippen molar-refractivity contribution < 1.29 is 0 Å². The Labute approximate surface area is 104 Å². The van der Waals surface area contributed by atoms with Crippen molar-refractivity contribution in [2.75, 3.05) is 0 Å². The summed E-state index contributed by atoms with van der Waals surface area (Å²) in [4.78, 5) is 1.42. The average Bonchev–Trinajstić information content (AvgIpc) is 2.46. The maximum absolute atomic E-state index is 6.49. The van der Waals surface area contributed by atoms with Crippen LogP contribution in [0.4, 0.5) is 0 Å². The van der Waals surface area contributed by atoms with Crippen molar-refractivity contribution in [1.82, 2.24) is 0 Å². The van der Waals surface area contributed by atoms with E-state index in [4.69, 9.17) is 5.73 Å². The minimum atomic E-state index is 0.0702. The van der Waals surface area contributed by atoms with Crippen LogP contribution in [-0.2, 0) is 6.42 Å². The third kappa shape index (κ3) is 3.30. The van der Waals surface area contributed by atoms with Gasteiger partial charge in [-0.2, -0.15) is 0 Å². The highest BCUT2D eigenvalue weighted by molar-refractivity contribution is 9.11. The second-order valence-electron chi connectivity index (χ2n) is 4.66. The maximum Gasteiger partial charge on any atom is 0.0701 e. The monoisotopic (exact) mass is 287 g/mol. The molecule has 1 saturated carbocycles. The molecule has 0 bridgehead atoms. The molecule has 1 aliphatic rings. The molecule has 0 aliphatic heterocycles. The molecule has 1 fully saturated rings. The van der Waals surface area contributed by atoms with Gasteiger partial charge in [0.2, 0.25) is 0 Å². The van der Waals surface area contributed by atoms with E-state index in [0.717, 1.165) is 6.42 Å². The first-order valence-corrected chi connectivity index (χ1v) is 7.32. The molecule has 0 atom stereocenters. The Morgan fingerprint density at radius 1 is 1.20 bits per heavy atom. The zero-order valence-corrected chi connectivity index (χ0v) is 11.4. The van der Waals surface area contributed by atoms with Crippen LogP contribution in [-0.4, -0.2) is 5.54 Å². The number of halogens is 1. The molecule has 3 heteroatoms. The van der Waals surface area contributed by atoms with Gasteiger partial charge in [-0.15, -0.1) is 11.3 Å². The fourth-order valence-electron chi connectivity index (χ4n) is 2.40. The van der Waals surface area contributed by atoms with Crippen LogP contribution in [0.5, 0.6) is 0 Å². The van der Waals surface area contributed by atoms with Crippen molar-refractivity contribution in [3.05, 3.63) is 20.8 Å². The summed E-state index contributed by atoms with van der Waals surface area (Å²) in [5.74, 6) is 0. The Balaban J connectivity index is 2.02. The lowest BCUT2D eigenvalue weighted by Gasteiger charge is -2.27. The van der Waals surface area contributed by atoms with Gasteiger partial charge in [0.1, 0.15) is 0 Å². The maximum atomic E-state index is 6.49. The van der Waals surface area contributed by atoms with Crippen LogP contribution in [0.2, 0.25) is 0 Å². The van der Waals surface area contributed by atoms with Crippen molar-refractivity contribution in [2.24, 2.45) is 5.73 Å². The quantitative estimate of drug-likeness (QED) is 0.814. The van der Waals surface area contributed by atoms with Crippen LogP contribution in [0.15, 0.2) is 15.9 Å². The molecule has 2 rings (SSSR count). The van der Waals surface area contributed by atoms with Gasteiger partial charge in [-0.05, 0) is 47.3 Å². The fourth-order valence-corrected chi connectivity index (χ4v) is 4.04. The number of hydrogen-bond acceptors (Lipinski definition) is 2. The largest absolute Gasteiger partial charge is 0.325 e. The lowest BCUT2D eigenvalue weighted by molar-refractivity contribution is 0.371. The molecule has 1 aliphatic carbocycles. The highest BCUT2D eigenvalue weighted by atomic mass is 79.9. The van der Waals surface area contributed by atoms with E-state index in [1.165, 1.54) is 47.2 Å². The first-order chi connectivity index (χ1) is 7.18. The minimum absolute atomic E-state index is 0.0702. The van der Waals surface area contributed by atoms with Crippen molar-refractivity contribution in [3.8, 4) is 0 Å². The van der Waals surface area contributed by atoms with Gasteiger partial charge in [0.25, 0.3) is 0 Å². The summed E-state index contributed by atoms with van der Waals surface area (Å²) in [5, 5.41) is 0. The predicted octanol–water partition coefficient (Wildman–Crippen LogP) is 4.10. The van der Waals surface area contributed by atoms with Crippen LogP contribution < -0.4 is 5.73 Å². The van der Waals surface area contributed by atoms with E-state index in [-0.39, 0.29) is 5.54 Å². The van der Waals surface area contributed by atoms with E-state index < -0.39 is 0 Å². The molecule has 1 heterocycles. The molecule has 1 aromatic heterocycles. The predicted molar refractivity (Wildman–Crippen MR) is 70.3 cm³/mol.